The number of carboxylic acid groups (broad SMARTS) is 1. The third-order valence-corrected chi connectivity index (χ3v) is 8.70. The molecule has 5 heteroatoms. The van der Waals surface area contributed by atoms with Crippen LogP contribution in [0.3, 0.4) is 0 Å². The van der Waals surface area contributed by atoms with Gasteiger partial charge in [-0.1, -0.05) is 24.3 Å². The molecule has 1 aliphatic heterocycles. The summed E-state index contributed by atoms with van der Waals surface area (Å²) in [4.78, 5) is 32.4. The molecular formula is C25H28N2O3. The second-order valence-corrected chi connectivity index (χ2v) is 10.8. The van der Waals surface area contributed by atoms with Crippen molar-refractivity contribution in [3.63, 3.8) is 0 Å². The van der Waals surface area contributed by atoms with Crippen LogP contribution in [0.2, 0.25) is 0 Å². The molecule has 1 aromatic carbocycles. The number of rotatable bonds is 3. The minimum atomic E-state index is -0.620. The number of aliphatic carboxylic acids is 1. The molecule has 7 rings (SSSR count). The average Bonchev–Trinajstić information content (AvgIpc) is 2.71. The van der Waals surface area contributed by atoms with Gasteiger partial charge in [-0.15, -0.1) is 0 Å². The van der Waals surface area contributed by atoms with Crippen LogP contribution in [-0.2, 0) is 9.59 Å². The first-order valence-electron chi connectivity index (χ1n) is 11.2. The number of para-hydroxylation sites is 1. The number of aromatic nitrogens is 1. The minimum absolute atomic E-state index is 0.00750. The summed E-state index contributed by atoms with van der Waals surface area (Å²) in [6, 6.07) is 10.4. The first-order valence-corrected chi connectivity index (χ1v) is 11.2. The molecule has 1 N–H and O–H groups in total. The van der Waals surface area contributed by atoms with E-state index < -0.39 is 16.8 Å². The minimum Gasteiger partial charge on any atom is -0.481 e. The number of carboxylic acids is 1. The Morgan fingerprint density at radius 2 is 1.80 bits per heavy atom. The summed E-state index contributed by atoms with van der Waals surface area (Å²) in [5.41, 5.74) is 1.08. The van der Waals surface area contributed by atoms with Crippen LogP contribution in [0.15, 0.2) is 36.5 Å². The summed E-state index contributed by atoms with van der Waals surface area (Å²) in [5, 5.41) is 11.1. The molecule has 4 aliphatic carbocycles. The van der Waals surface area contributed by atoms with Crippen molar-refractivity contribution in [2.45, 2.75) is 58.0 Å². The van der Waals surface area contributed by atoms with Crippen LogP contribution < -0.4 is 0 Å². The van der Waals surface area contributed by atoms with Gasteiger partial charge in [0.05, 0.1) is 22.4 Å². The lowest BCUT2D eigenvalue weighted by molar-refractivity contribution is -0.202. The van der Waals surface area contributed by atoms with Gasteiger partial charge in [-0.3, -0.25) is 14.6 Å². The Hall–Kier alpha value is -2.43. The van der Waals surface area contributed by atoms with Crippen molar-refractivity contribution in [3.05, 3.63) is 42.1 Å². The number of β-lactam (4-membered cyclic amide) rings is 1. The van der Waals surface area contributed by atoms with Crippen LogP contribution in [0.1, 0.15) is 57.6 Å². The summed E-state index contributed by atoms with van der Waals surface area (Å²) < 4.78 is 0. The number of likely N-dealkylation sites (tertiary alicyclic amines) is 1. The number of carbonyl (C=O) groups excluding carboxylic acids is 1. The molecule has 0 spiro atoms. The molecule has 2 heterocycles. The Morgan fingerprint density at radius 1 is 1.10 bits per heavy atom. The molecule has 4 bridgehead atoms. The smallest absolute Gasteiger partial charge is 0.309 e. The summed E-state index contributed by atoms with van der Waals surface area (Å²) in [7, 11) is 0. The van der Waals surface area contributed by atoms with Crippen LogP contribution in [0.4, 0.5) is 0 Å². The van der Waals surface area contributed by atoms with Gasteiger partial charge < -0.3 is 10.0 Å². The summed E-state index contributed by atoms with van der Waals surface area (Å²) in [5.74, 6) is 0.709. The van der Waals surface area contributed by atoms with Gasteiger partial charge in [-0.05, 0) is 69.8 Å². The highest BCUT2D eigenvalue weighted by atomic mass is 16.4. The fraction of sp³-hybridized carbons (Fsp3) is 0.560. The van der Waals surface area contributed by atoms with Gasteiger partial charge in [-0.2, -0.15) is 0 Å². The van der Waals surface area contributed by atoms with E-state index in [2.05, 4.69) is 34.1 Å². The Bertz CT molecular complexity index is 1060. The van der Waals surface area contributed by atoms with Crippen molar-refractivity contribution in [1.29, 1.82) is 0 Å². The van der Waals surface area contributed by atoms with E-state index in [1.54, 1.807) is 0 Å². The summed E-state index contributed by atoms with van der Waals surface area (Å²) in [6.45, 7) is 4.10. The molecule has 4 saturated carbocycles. The molecule has 5 aliphatic rings. The van der Waals surface area contributed by atoms with Crippen LogP contribution in [-0.4, -0.2) is 32.9 Å². The lowest BCUT2D eigenvalue weighted by atomic mass is 9.47. The van der Waals surface area contributed by atoms with E-state index in [1.807, 2.05) is 26.1 Å². The first kappa shape index (κ1) is 18.3. The van der Waals surface area contributed by atoms with Crippen molar-refractivity contribution in [2.24, 2.45) is 28.6 Å². The van der Waals surface area contributed by atoms with E-state index in [1.165, 1.54) is 0 Å². The van der Waals surface area contributed by atoms with Crippen molar-refractivity contribution in [3.8, 4) is 0 Å². The van der Waals surface area contributed by atoms with Gasteiger partial charge in [0.25, 0.3) is 0 Å². The van der Waals surface area contributed by atoms with Gasteiger partial charge in [0.2, 0.25) is 5.91 Å². The zero-order chi connectivity index (χ0) is 20.8. The molecule has 3 unspecified atom stereocenters. The Balaban J connectivity index is 1.42. The zero-order valence-corrected chi connectivity index (χ0v) is 17.5. The van der Waals surface area contributed by atoms with E-state index >= 15 is 0 Å². The van der Waals surface area contributed by atoms with E-state index in [-0.39, 0.29) is 18.0 Å². The van der Waals surface area contributed by atoms with Gasteiger partial charge in [0.1, 0.15) is 0 Å². The van der Waals surface area contributed by atoms with Crippen LogP contribution in [0.25, 0.3) is 10.9 Å². The third kappa shape index (κ3) is 2.21. The number of carbonyl (C=O) groups is 2. The van der Waals surface area contributed by atoms with E-state index in [9.17, 15) is 14.7 Å². The number of pyridine rings is 1. The first-order chi connectivity index (χ1) is 14.3. The molecule has 3 atom stereocenters. The SMILES string of the molecule is CC1(C)C(=O)N([C@H]2C3CC4CC2C[C@](C(=O)O)(C4)C3)C1c1cccc2cccnc12. The fourth-order valence-corrected chi connectivity index (χ4v) is 7.76. The van der Waals surface area contributed by atoms with Gasteiger partial charge in [0.15, 0.2) is 0 Å². The highest BCUT2D eigenvalue weighted by Crippen LogP contribution is 2.64. The zero-order valence-electron chi connectivity index (χ0n) is 17.5. The van der Waals surface area contributed by atoms with E-state index in [4.69, 9.17) is 0 Å². The number of amides is 1. The van der Waals surface area contributed by atoms with E-state index in [0.717, 1.165) is 48.6 Å². The highest BCUT2D eigenvalue weighted by molar-refractivity contribution is 5.93. The average molecular weight is 405 g/mol. The van der Waals surface area contributed by atoms with Gasteiger partial charge >= 0.3 is 5.97 Å². The summed E-state index contributed by atoms with van der Waals surface area (Å²) in [6.07, 6.45) is 6.25. The number of fused-ring (bicyclic) bond motifs is 1. The quantitative estimate of drug-likeness (QED) is 0.769. The summed E-state index contributed by atoms with van der Waals surface area (Å²) >= 11 is 0. The maximum atomic E-state index is 13.4. The lowest BCUT2D eigenvalue weighted by Gasteiger charge is -2.66. The van der Waals surface area contributed by atoms with Crippen LogP contribution >= 0.6 is 0 Å². The van der Waals surface area contributed by atoms with Crippen molar-refractivity contribution < 1.29 is 14.7 Å². The predicted octanol–water partition coefficient (Wildman–Crippen LogP) is 4.42. The number of benzene rings is 1. The molecule has 30 heavy (non-hydrogen) atoms. The monoisotopic (exact) mass is 404 g/mol. The lowest BCUT2D eigenvalue weighted by Crippen LogP contribution is -2.70. The Kier molecular flexibility index (Phi) is 3.57. The van der Waals surface area contributed by atoms with Crippen molar-refractivity contribution in [2.75, 3.05) is 0 Å². The molecule has 1 saturated heterocycles. The number of nitrogens with zero attached hydrogens (tertiary/aromatic N) is 2. The van der Waals surface area contributed by atoms with Crippen LogP contribution in [0, 0.1) is 28.6 Å². The number of hydrogen-bond donors (Lipinski definition) is 1. The Morgan fingerprint density at radius 3 is 2.50 bits per heavy atom. The van der Waals surface area contributed by atoms with Crippen molar-refractivity contribution in [1.82, 2.24) is 9.88 Å². The van der Waals surface area contributed by atoms with Crippen LogP contribution in [0.5, 0.6) is 0 Å². The molecular weight excluding hydrogens is 376 g/mol. The topological polar surface area (TPSA) is 70.5 Å². The van der Waals surface area contributed by atoms with E-state index in [0.29, 0.717) is 17.8 Å². The maximum absolute atomic E-state index is 13.4. The molecule has 1 amide bonds. The largest absolute Gasteiger partial charge is 0.481 e. The molecule has 0 radical (unpaired) electrons. The highest BCUT2D eigenvalue weighted by Gasteiger charge is 2.65. The van der Waals surface area contributed by atoms with Gasteiger partial charge in [-0.25, -0.2) is 0 Å². The molecule has 5 fully saturated rings. The molecule has 1 aromatic heterocycles. The maximum Gasteiger partial charge on any atom is 0.309 e. The van der Waals surface area contributed by atoms with Gasteiger partial charge in [0, 0.05) is 23.2 Å². The molecule has 2 aromatic rings. The molecule has 5 nitrogen and oxygen atoms in total. The van der Waals surface area contributed by atoms with Crippen molar-refractivity contribution >= 4 is 22.8 Å². The number of hydrogen-bond acceptors (Lipinski definition) is 3. The standard InChI is InChI=1S/C25H28N2O3/c1-24(2)21(18-7-3-5-15-6-4-8-26-19(15)18)27(22(24)28)20-16-9-14-10-17(20)13-25(11-14,12-16)23(29)30/h3-8,14,16-17,20-21H,9-13H2,1-2H3,(H,29,30)/t14?,16?,17?,20-,21?,25-. The fourth-order valence-electron chi connectivity index (χ4n) is 7.76. The molecule has 156 valence electrons. The third-order valence-electron chi connectivity index (χ3n) is 8.70. The second-order valence-electron chi connectivity index (χ2n) is 10.8. The Labute approximate surface area is 176 Å². The predicted molar refractivity (Wildman–Crippen MR) is 113 cm³/mol. The normalized spacial score (nSPS) is 38.7. The second kappa shape index (κ2) is 5.83.